The van der Waals surface area contributed by atoms with Crippen LogP contribution in [0.4, 0.5) is 0 Å². The molecule has 0 saturated carbocycles. The molecule has 1 N–H and O–H groups in total. The second-order valence-electron chi connectivity index (χ2n) is 5.36. The van der Waals surface area contributed by atoms with E-state index in [4.69, 9.17) is 0 Å². The number of likely N-dealkylation sites (N-methyl/N-ethyl adjacent to an activating group) is 1. The van der Waals surface area contributed by atoms with Crippen molar-refractivity contribution in [1.29, 1.82) is 0 Å². The number of phenols is 1. The Morgan fingerprint density at radius 2 is 1.67 bits per heavy atom. The lowest BCUT2D eigenvalue weighted by Gasteiger charge is -2.25. The van der Waals surface area contributed by atoms with Crippen molar-refractivity contribution in [2.24, 2.45) is 0 Å². The van der Waals surface area contributed by atoms with E-state index in [-0.39, 0.29) is 0 Å². The number of phenolic OH excluding ortho intramolecular Hbond substituents is 1. The smallest absolute Gasteiger partial charge is 0.115 e. The Hall–Kier alpha value is -1.06. The molecule has 1 unspecified atom stereocenters. The van der Waals surface area contributed by atoms with Gasteiger partial charge >= 0.3 is 0 Å². The van der Waals surface area contributed by atoms with Crippen LogP contribution in [0.3, 0.4) is 0 Å². The molecule has 1 aromatic rings. The lowest BCUT2D eigenvalue weighted by molar-refractivity contribution is 0.240. The molecule has 3 nitrogen and oxygen atoms in total. The van der Waals surface area contributed by atoms with Crippen molar-refractivity contribution in [3.63, 3.8) is 0 Å². The normalized spacial score (nSPS) is 13.2. The van der Waals surface area contributed by atoms with E-state index in [0.29, 0.717) is 11.8 Å². The maximum absolute atomic E-state index is 9.25. The molecule has 18 heavy (non-hydrogen) atoms. The molecule has 0 amide bonds. The van der Waals surface area contributed by atoms with Gasteiger partial charge in [-0.25, -0.2) is 0 Å². The fourth-order valence-corrected chi connectivity index (χ4v) is 1.99. The van der Waals surface area contributed by atoms with Gasteiger partial charge in [-0.15, -0.1) is 0 Å². The van der Waals surface area contributed by atoms with Gasteiger partial charge in [-0.1, -0.05) is 12.1 Å². The van der Waals surface area contributed by atoms with Crippen LogP contribution < -0.4 is 0 Å². The monoisotopic (exact) mass is 250 g/mol. The summed E-state index contributed by atoms with van der Waals surface area (Å²) in [6.45, 7) is 4.51. The minimum absolute atomic E-state index is 0.339. The van der Waals surface area contributed by atoms with Crippen molar-refractivity contribution >= 4 is 0 Å². The summed E-state index contributed by atoms with van der Waals surface area (Å²) in [5.41, 5.74) is 1.28. The number of hydrogen-bond acceptors (Lipinski definition) is 3. The number of nitrogens with zero attached hydrogens (tertiary/aromatic N) is 2. The summed E-state index contributed by atoms with van der Waals surface area (Å²) >= 11 is 0. The Balaban J connectivity index is 2.35. The Morgan fingerprint density at radius 1 is 1.06 bits per heavy atom. The molecule has 0 saturated heterocycles. The van der Waals surface area contributed by atoms with Crippen LogP contribution in [-0.4, -0.2) is 55.2 Å². The van der Waals surface area contributed by atoms with Gasteiger partial charge in [0.05, 0.1) is 0 Å². The van der Waals surface area contributed by atoms with E-state index in [1.807, 2.05) is 12.1 Å². The molecule has 1 rings (SSSR count). The maximum atomic E-state index is 9.25. The summed E-state index contributed by atoms with van der Waals surface area (Å²) in [6, 6.07) is 8.04. The fraction of sp³-hybridized carbons (Fsp3) is 0.600. The molecule has 0 radical (unpaired) electrons. The van der Waals surface area contributed by atoms with Gasteiger partial charge in [0.15, 0.2) is 0 Å². The van der Waals surface area contributed by atoms with Crippen LogP contribution in [0.1, 0.15) is 18.9 Å². The van der Waals surface area contributed by atoms with Crippen LogP contribution in [0.5, 0.6) is 5.75 Å². The number of benzene rings is 1. The van der Waals surface area contributed by atoms with E-state index in [1.165, 1.54) is 12.0 Å². The molecule has 1 aromatic carbocycles. The molecule has 0 heterocycles. The highest BCUT2D eigenvalue weighted by Crippen LogP contribution is 2.13. The van der Waals surface area contributed by atoms with E-state index in [1.54, 1.807) is 12.1 Å². The third kappa shape index (κ3) is 5.52. The summed E-state index contributed by atoms with van der Waals surface area (Å²) in [5.74, 6) is 0.339. The van der Waals surface area contributed by atoms with Crippen molar-refractivity contribution in [3.05, 3.63) is 29.8 Å². The average molecular weight is 250 g/mol. The quantitative estimate of drug-likeness (QED) is 0.804. The Bertz CT molecular complexity index is 335. The molecular weight excluding hydrogens is 224 g/mol. The van der Waals surface area contributed by atoms with Crippen LogP contribution in [-0.2, 0) is 6.42 Å². The molecule has 3 heteroatoms. The number of hydrogen-bond donors (Lipinski definition) is 1. The highest BCUT2D eigenvalue weighted by Gasteiger charge is 2.09. The summed E-state index contributed by atoms with van der Waals surface area (Å²) < 4.78 is 0. The zero-order valence-electron chi connectivity index (χ0n) is 12.1. The van der Waals surface area contributed by atoms with Gasteiger partial charge in [0.1, 0.15) is 5.75 Å². The molecule has 0 spiro atoms. The number of rotatable bonds is 7. The SMILES string of the molecule is CC(Cc1ccc(O)cc1)N(C)CCCN(C)C. The maximum Gasteiger partial charge on any atom is 0.115 e. The van der Waals surface area contributed by atoms with Gasteiger partial charge in [-0.3, -0.25) is 0 Å². The third-order valence-corrected chi connectivity index (χ3v) is 3.34. The molecule has 0 aliphatic carbocycles. The molecule has 0 aliphatic rings. The minimum atomic E-state index is 0.339. The molecule has 0 aliphatic heterocycles. The second-order valence-corrected chi connectivity index (χ2v) is 5.36. The average Bonchev–Trinajstić information content (AvgIpc) is 2.31. The Labute approximate surface area is 111 Å². The first-order valence-electron chi connectivity index (χ1n) is 6.62. The third-order valence-electron chi connectivity index (χ3n) is 3.34. The lowest BCUT2D eigenvalue weighted by Crippen LogP contribution is -2.33. The van der Waals surface area contributed by atoms with E-state index in [0.717, 1.165) is 19.5 Å². The van der Waals surface area contributed by atoms with Crippen molar-refractivity contribution in [1.82, 2.24) is 9.80 Å². The van der Waals surface area contributed by atoms with Crippen molar-refractivity contribution in [2.45, 2.75) is 25.8 Å². The lowest BCUT2D eigenvalue weighted by atomic mass is 10.1. The van der Waals surface area contributed by atoms with Crippen molar-refractivity contribution < 1.29 is 5.11 Å². The predicted octanol–water partition coefficient (Wildman–Crippen LogP) is 2.21. The number of aromatic hydroxyl groups is 1. The van der Waals surface area contributed by atoms with Crippen LogP contribution in [0.2, 0.25) is 0 Å². The summed E-state index contributed by atoms with van der Waals surface area (Å²) in [7, 11) is 6.40. The van der Waals surface area contributed by atoms with E-state index < -0.39 is 0 Å². The Morgan fingerprint density at radius 3 is 2.22 bits per heavy atom. The van der Waals surface area contributed by atoms with E-state index >= 15 is 0 Å². The van der Waals surface area contributed by atoms with Crippen molar-refractivity contribution in [3.8, 4) is 5.75 Å². The molecule has 102 valence electrons. The topological polar surface area (TPSA) is 26.7 Å². The second kappa shape index (κ2) is 7.39. The van der Waals surface area contributed by atoms with Crippen molar-refractivity contribution in [2.75, 3.05) is 34.2 Å². The minimum Gasteiger partial charge on any atom is -0.508 e. The first-order valence-corrected chi connectivity index (χ1v) is 6.62. The van der Waals surface area contributed by atoms with Gasteiger partial charge in [-0.2, -0.15) is 0 Å². The first kappa shape index (κ1) is 15.0. The van der Waals surface area contributed by atoms with Crippen LogP contribution in [0.15, 0.2) is 24.3 Å². The summed E-state index contributed by atoms with van der Waals surface area (Å²) in [5, 5.41) is 9.25. The standard InChI is InChI=1S/C15H26N2O/c1-13(17(4)11-5-10-16(2)3)12-14-6-8-15(18)9-7-14/h6-9,13,18H,5,10-12H2,1-4H3. The molecule has 0 bridgehead atoms. The zero-order chi connectivity index (χ0) is 13.5. The zero-order valence-corrected chi connectivity index (χ0v) is 12.1. The van der Waals surface area contributed by atoms with Gasteiger partial charge in [0, 0.05) is 6.04 Å². The highest BCUT2D eigenvalue weighted by molar-refractivity contribution is 5.26. The molecule has 1 atom stereocenters. The first-order chi connectivity index (χ1) is 8.49. The van der Waals surface area contributed by atoms with Gasteiger partial charge in [0.25, 0.3) is 0 Å². The van der Waals surface area contributed by atoms with Gasteiger partial charge in [-0.05, 0) is 71.7 Å². The highest BCUT2D eigenvalue weighted by atomic mass is 16.3. The Kier molecular flexibility index (Phi) is 6.16. The molecule has 0 aromatic heterocycles. The predicted molar refractivity (Wildman–Crippen MR) is 77.1 cm³/mol. The summed E-state index contributed by atoms with van der Waals surface area (Å²) in [6.07, 6.45) is 2.22. The van der Waals surface area contributed by atoms with Crippen LogP contribution in [0.25, 0.3) is 0 Å². The van der Waals surface area contributed by atoms with Gasteiger partial charge in [0.2, 0.25) is 0 Å². The van der Waals surface area contributed by atoms with E-state index in [2.05, 4.69) is 37.9 Å². The fourth-order valence-electron chi connectivity index (χ4n) is 1.99. The van der Waals surface area contributed by atoms with Crippen LogP contribution in [0, 0.1) is 0 Å². The molecular formula is C15H26N2O. The molecule has 0 fully saturated rings. The van der Waals surface area contributed by atoms with Crippen LogP contribution >= 0.6 is 0 Å². The largest absolute Gasteiger partial charge is 0.508 e. The van der Waals surface area contributed by atoms with Gasteiger partial charge < -0.3 is 14.9 Å². The summed E-state index contributed by atoms with van der Waals surface area (Å²) in [4.78, 5) is 4.62. The van der Waals surface area contributed by atoms with E-state index in [9.17, 15) is 5.11 Å².